The third-order valence-corrected chi connectivity index (χ3v) is 4.22. The van der Waals surface area contributed by atoms with Crippen molar-refractivity contribution in [3.05, 3.63) is 11.8 Å². The number of carbonyl (C=O) groups excluding carboxylic acids is 1. The monoisotopic (exact) mass is 268 g/mol. The zero-order valence-electron chi connectivity index (χ0n) is 13.0. The summed E-state index contributed by atoms with van der Waals surface area (Å²) in [6.07, 6.45) is 6.21. The van der Waals surface area contributed by atoms with Crippen LogP contribution in [0.1, 0.15) is 60.3 Å². The third-order valence-electron chi connectivity index (χ3n) is 4.22. The van der Waals surface area contributed by atoms with Crippen LogP contribution in [0.15, 0.2) is 11.8 Å². The first-order valence-electron chi connectivity index (χ1n) is 7.28. The molecule has 0 radical (unpaired) electrons. The average molecular weight is 268 g/mol. The van der Waals surface area contributed by atoms with Gasteiger partial charge in [-0.15, -0.1) is 0 Å². The first-order valence-corrected chi connectivity index (χ1v) is 7.28. The van der Waals surface area contributed by atoms with Crippen LogP contribution >= 0.6 is 0 Å². The first-order chi connectivity index (χ1) is 8.83. The molecule has 1 aliphatic rings. The fourth-order valence-corrected chi connectivity index (χ4v) is 2.53. The van der Waals surface area contributed by atoms with E-state index in [4.69, 9.17) is 9.47 Å². The van der Waals surface area contributed by atoms with Gasteiger partial charge in [0.15, 0.2) is 0 Å². The lowest BCUT2D eigenvalue weighted by molar-refractivity contribution is -0.147. The molecule has 3 heteroatoms. The van der Waals surface area contributed by atoms with Crippen LogP contribution in [0.2, 0.25) is 0 Å². The second kappa shape index (κ2) is 7.09. The SMILES string of the molecule is CC(C)=COC(=O)COC1CCCC(C)(C(C)C)C1. The quantitative estimate of drug-likeness (QED) is 0.557. The van der Waals surface area contributed by atoms with Crippen molar-refractivity contribution in [2.24, 2.45) is 11.3 Å². The Hall–Kier alpha value is -0.830. The Balaban J connectivity index is 2.37. The van der Waals surface area contributed by atoms with Crippen molar-refractivity contribution in [3.63, 3.8) is 0 Å². The summed E-state index contributed by atoms with van der Waals surface area (Å²) in [5.41, 5.74) is 1.31. The summed E-state index contributed by atoms with van der Waals surface area (Å²) in [6.45, 7) is 10.7. The number of carbonyl (C=O) groups is 1. The van der Waals surface area contributed by atoms with Crippen LogP contribution in [0.4, 0.5) is 0 Å². The normalized spacial score (nSPS) is 27.2. The van der Waals surface area contributed by atoms with E-state index in [2.05, 4.69) is 20.8 Å². The Morgan fingerprint density at radius 1 is 1.42 bits per heavy atom. The molecule has 0 amide bonds. The molecule has 0 aromatic heterocycles. The number of hydrogen-bond acceptors (Lipinski definition) is 3. The highest BCUT2D eigenvalue weighted by Gasteiger charge is 2.35. The largest absolute Gasteiger partial charge is 0.433 e. The minimum Gasteiger partial charge on any atom is -0.433 e. The molecule has 0 bridgehead atoms. The van der Waals surface area contributed by atoms with Crippen molar-refractivity contribution in [3.8, 4) is 0 Å². The number of rotatable bonds is 5. The molecule has 2 unspecified atom stereocenters. The first kappa shape index (κ1) is 16.2. The van der Waals surface area contributed by atoms with Gasteiger partial charge in [-0.2, -0.15) is 0 Å². The summed E-state index contributed by atoms with van der Waals surface area (Å²) in [5.74, 6) is 0.342. The molecular weight excluding hydrogens is 240 g/mol. The molecule has 3 nitrogen and oxygen atoms in total. The van der Waals surface area contributed by atoms with Gasteiger partial charge >= 0.3 is 5.97 Å². The van der Waals surface area contributed by atoms with Gasteiger partial charge in [0.1, 0.15) is 6.61 Å². The highest BCUT2D eigenvalue weighted by atomic mass is 16.6. The molecule has 1 fully saturated rings. The lowest BCUT2D eigenvalue weighted by Gasteiger charge is -2.41. The van der Waals surface area contributed by atoms with Crippen molar-refractivity contribution in [2.75, 3.05) is 6.61 Å². The summed E-state index contributed by atoms with van der Waals surface area (Å²) in [7, 11) is 0. The molecular formula is C16H28O3. The van der Waals surface area contributed by atoms with Crippen molar-refractivity contribution >= 4 is 5.97 Å². The predicted octanol–water partition coefficient (Wildman–Crippen LogP) is 4.07. The molecule has 1 saturated carbocycles. The molecule has 1 aliphatic carbocycles. The van der Waals surface area contributed by atoms with E-state index in [0.717, 1.165) is 18.4 Å². The highest BCUT2D eigenvalue weighted by molar-refractivity contribution is 5.71. The van der Waals surface area contributed by atoms with Gasteiger partial charge in [-0.3, -0.25) is 0 Å². The van der Waals surface area contributed by atoms with Gasteiger partial charge in [0, 0.05) is 0 Å². The summed E-state index contributed by atoms with van der Waals surface area (Å²) in [5, 5.41) is 0. The minimum absolute atomic E-state index is 0.0582. The maximum Gasteiger partial charge on any atom is 0.336 e. The van der Waals surface area contributed by atoms with E-state index >= 15 is 0 Å². The van der Waals surface area contributed by atoms with Gasteiger partial charge in [0.25, 0.3) is 0 Å². The summed E-state index contributed by atoms with van der Waals surface area (Å²) >= 11 is 0. The predicted molar refractivity (Wildman–Crippen MR) is 76.7 cm³/mol. The number of ether oxygens (including phenoxy) is 2. The Labute approximate surface area is 117 Å². The van der Waals surface area contributed by atoms with Crippen molar-refractivity contribution in [2.45, 2.75) is 66.4 Å². The van der Waals surface area contributed by atoms with Gasteiger partial charge in [-0.05, 0) is 50.0 Å². The fraction of sp³-hybridized carbons (Fsp3) is 0.812. The Morgan fingerprint density at radius 2 is 2.11 bits per heavy atom. The number of allylic oxidation sites excluding steroid dienone is 1. The van der Waals surface area contributed by atoms with E-state index in [1.807, 2.05) is 13.8 Å². The lowest BCUT2D eigenvalue weighted by atomic mass is 9.67. The van der Waals surface area contributed by atoms with Crippen LogP contribution in [0.25, 0.3) is 0 Å². The lowest BCUT2D eigenvalue weighted by Crippen LogP contribution is -2.35. The van der Waals surface area contributed by atoms with Gasteiger partial charge in [-0.25, -0.2) is 4.79 Å². The Bertz CT molecular complexity index is 329. The van der Waals surface area contributed by atoms with Gasteiger partial charge < -0.3 is 9.47 Å². The Kier molecular flexibility index (Phi) is 6.05. The maximum atomic E-state index is 11.5. The van der Waals surface area contributed by atoms with E-state index in [1.54, 1.807) is 0 Å². The summed E-state index contributed by atoms with van der Waals surface area (Å²) in [4.78, 5) is 11.5. The van der Waals surface area contributed by atoms with Crippen molar-refractivity contribution in [1.29, 1.82) is 0 Å². The fourth-order valence-electron chi connectivity index (χ4n) is 2.53. The molecule has 0 aromatic carbocycles. The van der Waals surface area contributed by atoms with Crippen LogP contribution in [-0.2, 0) is 14.3 Å². The van der Waals surface area contributed by atoms with Gasteiger partial charge in [-0.1, -0.05) is 27.2 Å². The molecule has 19 heavy (non-hydrogen) atoms. The van der Waals surface area contributed by atoms with Crippen molar-refractivity contribution in [1.82, 2.24) is 0 Å². The van der Waals surface area contributed by atoms with Crippen LogP contribution in [0.3, 0.4) is 0 Å². The van der Waals surface area contributed by atoms with Crippen LogP contribution in [0.5, 0.6) is 0 Å². The molecule has 0 saturated heterocycles. The zero-order chi connectivity index (χ0) is 14.5. The molecule has 110 valence electrons. The second-order valence-corrected chi connectivity index (χ2v) is 6.52. The van der Waals surface area contributed by atoms with Crippen LogP contribution < -0.4 is 0 Å². The molecule has 0 heterocycles. The van der Waals surface area contributed by atoms with Gasteiger partial charge in [0.2, 0.25) is 0 Å². The smallest absolute Gasteiger partial charge is 0.336 e. The third kappa shape index (κ3) is 5.35. The summed E-state index contributed by atoms with van der Waals surface area (Å²) < 4.78 is 10.7. The highest BCUT2D eigenvalue weighted by Crippen LogP contribution is 2.42. The van der Waals surface area contributed by atoms with Gasteiger partial charge in [0.05, 0.1) is 12.4 Å². The topological polar surface area (TPSA) is 35.5 Å². The van der Waals surface area contributed by atoms with E-state index in [9.17, 15) is 4.79 Å². The number of hydrogen-bond donors (Lipinski definition) is 0. The van der Waals surface area contributed by atoms with E-state index in [1.165, 1.54) is 19.1 Å². The summed E-state index contributed by atoms with van der Waals surface area (Å²) in [6, 6.07) is 0. The van der Waals surface area contributed by atoms with E-state index in [-0.39, 0.29) is 18.7 Å². The molecule has 2 atom stereocenters. The van der Waals surface area contributed by atoms with Crippen LogP contribution in [0, 0.1) is 11.3 Å². The average Bonchev–Trinajstić information content (AvgIpc) is 2.34. The molecule has 0 aromatic rings. The zero-order valence-corrected chi connectivity index (χ0v) is 13.0. The Morgan fingerprint density at radius 3 is 2.68 bits per heavy atom. The van der Waals surface area contributed by atoms with Crippen molar-refractivity contribution < 1.29 is 14.3 Å². The molecule has 0 aliphatic heterocycles. The van der Waals surface area contributed by atoms with E-state index in [0.29, 0.717) is 11.3 Å². The molecule has 1 rings (SSSR count). The standard InChI is InChI=1S/C16H28O3/c1-12(2)10-19-15(17)11-18-14-7-6-8-16(5,9-14)13(3)4/h10,13-14H,6-9,11H2,1-5H3. The second-order valence-electron chi connectivity index (χ2n) is 6.52. The minimum atomic E-state index is -0.307. The molecule has 0 spiro atoms. The maximum absolute atomic E-state index is 11.5. The van der Waals surface area contributed by atoms with Crippen LogP contribution in [-0.4, -0.2) is 18.7 Å². The number of esters is 1. The van der Waals surface area contributed by atoms with E-state index < -0.39 is 0 Å². The molecule has 0 N–H and O–H groups in total.